The average Bonchev–Trinajstić information content (AvgIpc) is 3.22. The smallest absolute Gasteiger partial charge is 0.123 e. The predicted octanol–water partition coefficient (Wildman–Crippen LogP) is 10.6. The summed E-state index contributed by atoms with van der Waals surface area (Å²) < 4.78 is 40.3. The fraction of sp³-hybridized carbons (Fsp3) is 0.600. The Kier molecular flexibility index (Phi) is 12.3. The lowest BCUT2D eigenvalue weighted by Crippen LogP contribution is -2.50. The van der Waals surface area contributed by atoms with Crippen molar-refractivity contribution in [2.75, 3.05) is 52.9 Å². The first-order valence-corrected chi connectivity index (χ1v) is 22.3. The maximum atomic E-state index is 7.07. The molecule has 6 nitrogen and oxygen atoms in total. The summed E-state index contributed by atoms with van der Waals surface area (Å²) in [6.45, 7) is 9.33. The molecule has 0 radical (unpaired) electrons. The third-order valence-electron chi connectivity index (χ3n) is 14.2. The molecule has 0 saturated heterocycles. The van der Waals surface area contributed by atoms with Crippen molar-refractivity contribution in [2.45, 2.75) is 115 Å². The molecule has 5 aliphatic carbocycles. The predicted molar refractivity (Wildman–Crippen MR) is 222 cm³/mol. The maximum absolute atomic E-state index is 7.07. The molecular weight excluding hydrogens is 697 g/mol. The van der Waals surface area contributed by atoms with Crippen LogP contribution in [0.4, 0.5) is 0 Å². The molecule has 0 N–H and O–H groups in total. The Morgan fingerprint density at radius 1 is 0.536 bits per heavy atom. The van der Waals surface area contributed by atoms with Gasteiger partial charge in [-0.25, -0.2) is 0 Å². The summed E-state index contributed by atoms with van der Waals surface area (Å²) in [5, 5.41) is 2.43. The first-order valence-electron chi connectivity index (χ1n) is 22.3. The zero-order chi connectivity index (χ0) is 37.8. The topological polar surface area (TPSA) is 55.4 Å². The number of fused-ring (bicyclic) bond motifs is 12. The average molecular weight is 761 g/mol. The van der Waals surface area contributed by atoms with Gasteiger partial charge in [0.2, 0.25) is 0 Å². The van der Waals surface area contributed by atoms with Crippen LogP contribution in [0.3, 0.4) is 0 Å². The Bertz CT molecular complexity index is 1880. The van der Waals surface area contributed by atoms with Gasteiger partial charge in [0.1, 0.15) is 12.4 Å². The molecular formula is C50H64O6. The number of rotatable bonds is 0. The molecule has 8 atom stereocenters. The van der Waals surface area contributed by atoms with Crippen LogP contribution in [0.2, 0.25) is 0 Å². The molecule has 6 heteroatoms. The van der Waals surface area contributed by atoms with Crippen LogP contribution in [0.5, 0.6) is 5.75 Å². The minimum absolute atomic E-state index is 0.00999. The van der Waals surface area contributed by atoms with E-state index in [-0.39, 0.29) is 24.2 Å². The number of ether oxygens (including phenoxy) is 6. The highest BCUT2D eigenvalue weighted by Gasteiger charge is 2.49. The molecule has 300 valence electrons. The first kappa shape index (κ1) is 38.5. The molecule has 9 rings (SSSR count). The SMILES string of the molecule is CC1CC2=C(CCCC2)C2C1OCCOCCOc1ccc3ccccc3c1C1c3ccccc3CCC1OCCOCCOC1C(C)CC3=C(CCCC3)C12. The zero-order valence-corrected chi connectivity index (χ0v) is 34.0. The molecule has 0 saturated carbocycles. The Morgan fingerprint density at radius 3 is 1.82 bits per heavy atom. The normalized spacial score (nSPS) is 32.5. The van der Waals surface area contributed by atoms with Gasteiger partial charge in [0.25, 0.3) is 0 Å². The van der Waals surface area contributed by atoms with E-state index in [4.69, 9.17) is 28.4 Å². The molecule has 0 amide bonds. The van der Waals surface area contributed by atoms with E-state index in [2.05, 4.69) is 74.5 Å². The monoisotopic (exact) mass is 760 g/mol. The van der Waals surface area contributed by atoms with Gasteiger partial charge in [0, 0.05) is 23.3 Å². The molecule has 0 spiro atoms. The van der Waals surface area contributed by atoms with Crippen LogP contribution < -0.4 is 4.74 Å². The fourth-order valence-electron chi connectivity index (χ4n) is 11.9. The van der Waals surface area contributed by atoms with Crippen LogP contribution in [-0.2, 0) is 30.1 Å². The van der Waals surface area contributed by atoms with Crippen LogP contribution in [0.15, 0.2) is 83.0 Å². The number of hydrogen-bond acceptors (Lipinski definition) is 6. The summed E-state index contributed by atoms with van der Waals surface area (Å²) in [5.41, 5.74) is 10.8. The standard InChI is InChI=1S/C50H64O6/c1-33-31-37-13-5-9-17-41(37)47-48-42-18-10-6-14-38(42)32-34(2)50(48)56-30-26-52-24-28-54-44-22-20-36-12-4-8-16-40(36)46(44)45-39-15-7-3-11-35(39)19-21-43(45)53-27-23-51-25-29-55-49(33)47/h3-4,7-8,11-12,15-16,19,21,33-34,44,46-50H,5-6,9-10,13-14,17-18,20,22-32H2,1-2H3. The fourth-order valence-corrected chi connectivity index (χ4v) is 11.9. The summed E-state index contributed by atoms with van der Waals surface area (Å²) in [4.78, 5) is 0. The van der Waals surface area contributed by atoms with Crippen molar-refractivity contribution in [3.05, 3.63) is 99.6 Å². The van der Waals surface area contributed by atoms with E-state index in [1.165, 1.54) is 91.7 Å². The van der Waals surface area contributed by atoms with Crippen molar-refractivity contribution < 1.29 is 28.4 Å². The lowest BCUT2D eigenvalue weighted by molar-refractivity contribution is -0.100. The number of allylic oxidation sites excluding steroid dienone is 2. The molecule has 0 fully saturated rings. The van der Waals surface area contributed by atoms with Gasteiger partial charge in [-0.15, -0.1) is 0 Å². The lowest BCUT2D eigenvalue weighted by Gasteiger charge is -2.51. The number of hydrogen-bond donors (Lipinski definition) is 0. The van der Waals surface area contributed by atoms with E-state index in [1.807, 2.05) is 0 Å². The Hall–Kier alpha value is -3.00. The second-order valence-corrected chi connectivity index (χ2v) is 17.7. The van der Waals surface area contributed by atoms with Gasteiger partial charge in [0.05, 0.1) is 64.6 Å². The van der Waals surface area contributed by atoms with Crippen molar-refractivity contribution in [2.24, 2.45) is 23.7 Å². The largest absolute Gasteiger partial charge is 0.491 e. The second-order valence-electron chi connectivity index (χ2n) is 17.7. The highest BCUT2D eigenvalue weighted by atomic mass is 16.6. The summed E-state index contributed by atoms with van der Waals surface area (Å²) >= 11 is 0. The molecule has 3 aromatic carbocycles. The zero-order valence-electron chi connectivity index (χ0n) is 34.0. The van der Waals surface area contributed by atoms with E-state index in [0.717, 1.165) is 18.6 Å². The van der Waals surface area contributed by atoms with E-state index >= 15 is 0 Å². The van der Waals surface area contributed by atoms with E-state index in [0.29, 0.717) is 76.5 Å². The van der Waals surface area contributed by atoms with Crippen LogP contribution in [0, 0.1) is 23.7 Å². The molecule has 56 heavy (non-hydrogen) atoms. The lowest BCUT2D eigenvalue weighted by atomic mass is 9.58. The van der Waals surface area contributed by atoms with Crippen LogP contribution in [0.1, 0.15) is 107 Å². The highest BCUT2D eigenvalue weighted by Crippen LogP contribution is 2.54. The molecule has 0 bridgehead atoms. The van der Waals surface area contributed by atoms with Gasteiger partial charge in [-0.05, 0) is 117 Å². The third-order valence-corrected chi connectivity index (χ3v) is 14.2. The minimum Gasteiger partial charge on any atom is -0.491 e. The summed E-state index contributed by atoms with van der Waals surface area (Å²) in [6, 6.07) is 21.9. The highest BCUT2D eigenvalue weighted by molar-refractivity contribution is 5.89. The summed E-state index contributed by atoms with van der Waals surface area (Å²) in [5.74, 6) is 2.66. The van der Waals surface area contributed by atoms with Gasteiger partial charge in [0.15, 0.2) is 0 Å². The Labute approximate surface area is 335 Å². The van der Waals surface area contributed by atoms with E-state index in [9.17, 15) is 0 Å². The van der Waals surface area contributed by atoms with Gasteiger partial charge in [-0.1, -0.05) is 90.7 Å². The van der Waals surface area contributed by atoms with Gasteiger partial charge < -0.3 is 28.4 Å². The molecule has 3 aromatic rings. The quantitative estimate of drug-likeness (QED) is 0.213. The van der Waals surface area contributed by atoms with Crippen molar-refractivity contribution in [3.8, 4) is 5.75 Å². The molecule has 0 aromatic heterocycles. The van der Waals surface area contributed by atoms with Crippen molar-refractivity contribution in [3.63, 3.8) is 0 Å². The number of aryl methyl sites for hydroxylation is 1. The molecule has 1 aliphatic heterocycles. The number of benzene rings is 3. The van der Waals surface area contributed by atoms with Crippen molar-refractivity contribution in [1.82, 2.24) is 0 Å². The Balaban J connectivity index is 1.00. The minimum atomic E-state index is 0.00999. The second kappa shape index (κ2) is 17.9. The molecule has 1 heterocycles. The molecule has 8 unspecified atom stereocenters. The third kappa shape index (κ3) is 7.91. The van der Waals surface area contributed by atoms with Gasteiger partial charge in [-0.3, -0.25) is 0 Å². The van der Waals surface area contributed by atoms with Crippen molar-refractivity contribution in [1.29, 1.82) is 0 Å². The summed E-state index contributed by atoms with van der Waals surface area (Å²) in [6.07, 6.45) is 14.8. The van der Waals surface area contributed by atoms with Crippen molar-refractivity contribution >= 4 is 10.8 Å². The summed E-state index contributed by atoms with van der Waals surface area (Å²) in [7, 11) is 0. The van der Waals surface area contributed by atoms with Gasteiger partial charge >= 0.3 is 0 Å². The Morgan fingerprint density at radius 2 is 1.12 bits per heavy atom. The van der Waals surface area contributed by atoms with Crippen LogP contribution in [0.25, 0.3) is 10.8 Å². The van der Waals surface area contributed by atoms with Crippen LogP contribution in [-0.4, -0.2) is 71.2 Å². The van der Waals surface area contributed by atoms with Crippen LogP contribution >= 0.6 is 0 Å². The maximum Gasteiger partial charge on any atom is 0.123 e. The molecule has 6 aliphatic rings. The first-order chi connectivity index (χ1) is 27.7. The van der Waals surface area contributed by atoms with E-state index in [1.54, 1.807) is 22.3 Å². The van der Waals surface area contributed by atoms with E-state index < -0.39 is 0 Å². The van der Waals surface area contributed by atoms with Gasteiger partial charge in [-0.2, -0.15) is 0 Å².